The number of carbonyl (C=O) groups excluding carboxylic acids is 2. The molecular formula is C19H28N4O3. The van der Waals surface area contributed by atoms with Crippen molar-refractivity contribution in [3.8, 4) is 0 Å². The molecule has 0 radical (unpaired) electrons. The molecule has 0 spiro atoms. The van der Waals surface area contributed by atoms with Crippen molar-refractivity contribution >= 4 is 11.8 Å². The summed E-state index contributed by atoms with van der Waals surface area (Å²) < 4.78 is 5.76. The van der Waals surface area contributed by atoms with Gasteiger partial charge >= 0.3 is 0 Å². The Kier molecular flexibility index (Phi) is 6.21. The molecule has 1 aromatic rings. The molecule has 2 saturated heterocycles. The SMILES string of the molecule is CCO[C@@H]1CN(C)C[C@H]1NC(=O)C1CCN(C(=O)c2ccccn2)CC1. The van der Waals surface area contributed by atoms with Gasteiger partial charge in [0.25, 0.3) is 5.91 Å². The number of hydrogen-bond acceptors (Lipinski definition) is 5. The largest absolute Gasteiger partial charge is 0.375 e. The summed E-state index contributed by atoms with van der Waals surface area (Å²) in [6.07, 6.45) is 3.05. The third kappa shape index (κ3) is 4.40. The predicted octanol–water partition coefficient (Wildman–Crippen LogP) is 0.769. The fraction of sp³-hybridized carbons (Fsp3) is 0.632. The Labute approximate surface area is 154 Å². The van der Waals surface area contributed by atoms with Crippen LogP contribution in [0.25, 0.3) is 0 Å². The number of hydrogen-bond donors (Lipinski definition) is 1. The van der Waals surface area contributed by atoms with Gasteiger partial charge < -0.3 is 19.9 Å². The third-order valence-corrected chi connectivity index (χ3v) is 5.19. The summed E-state index contributed by atoms with van der Waals surface area (Å²) in [5, 5.41) is 3.17. The number of pyridine rings is 1. The highest BCUT2D eigenvalue weighted by Crippen LogP contribution is 2.20. The molecule has 2 fully saturated rings. The molecule has 2 amide bonds. The molecule has 2 aliphatic heterocycles. The number of likely N-dealkylation sites (tertiary alicyclic amines) is 2. The van der Waals surface area contributed by atoms with Crippen molar-refractivity contribution in [3.63, 3.8) is 0 Å². The fourth-order valence-electron chi connectivity index (χ4n) is 3.78. The third-order valence-electron chi connectivity index (χ3n) is 5.19. The zero-order valence-electron chi connectivity index (χ0n) is 15.6. The van der Waals surface area contributed by atoms with Gasteiger partial charge in [0.2, 0.25) is 5.91 Å². The lowest BCUT2D eigenvalue weighted by Crippen LogP contribution is -2.49. The average Bonchev–Trinajstić information content (AvgIpc) is 3.01. The molecule has 1 aromatic heterocycles. The molecule has 1 N–H and O–H groups in total. The maximum atomic E-state index is 12.7. The van der Waals surface area contributed by atoms with Crippen LogP contribution >= 0.6 is 0 Å². The Hall–Kier alpha value is -1.99. The van der Waals surface area contributed by atoms with E-state index in [-0.39, 0.29) is 29.9 Å². The van der Waals surface area contributed by atoms with E-state index in [1.165, 1.54) is 0 Å². The van der Waals surface area contributed by atoms with E-state index in [1.54, 1.807) is 23.2 Å². The van der Waals surface area contributed by atoms with Crippen molar-refractivity contribution < 1.29 is 14.3 Å². The summed E-state index contributed by atoms with van der Waals surface area (Å²) in [4.78, 5) is 33.2. The van der Waals surface area contributed by atoms with E-state index in [1.807, 2.05) is 20.0 Å². The second kappa shape index (κ2) is 8.60. The Bertz CT molecular complexity index is 616. The highest BCUT2D eigenvalue weighted by Gasteiger charge is 2.35. The summed E-state index contributed by atoms with van der Waals surface area (Å²) in [6.45, 7) is 5.47. The number of carbonyl (C=O) groups is 2. The van der Waals surface area contributed by atoms with E-state index in [4.69, 9.17) is 4.74 Å². The number of ether oxygens (including phenoxy) is 1. The molecule has 2 aliphatic rings. The van der Waals surface area contributed by atoms with Gasteiger partial charge in [-0.25, -0.2) is 0 Å². The van der Waals surface area contributed by atoms with Crippen LogP contribution in [-0.4, -0.2) is 78.6 Å². The average molecular weight is 360 g/mol. The number of likely N-dealkylation sites (N-methyl/N-ethyl adjacent to an activating group) is 1. The van der Waals surface area contributed by atoms with Crippen molar-refractivity contribution in [3.05, 3.63) is 30.1 Å². The van der Waals surface area contributed by atoms with Crippen molar-refractivity contribution in [2.45, 2.75) is 31.9 Å². The molecule has 0 unspecified atom stereocenters. The Balaban J connectivity index is 1.50. The van der Waals surface area contributed by atoms with Gasteiger partial charge in [-0.2, -0.15) is 0 Å². The Morgan fingerprint density at radius 2 is 2.04 bits per heavy atom. The summed E-state index contributed by atoms with van der Waals surface area (Å²) in [5.74, 6) is -0.0193. The number of nitrogens with one attached hydrogen (secondary N) is 1. The van der Waals surface area contributed by atoms with Crippen LogP contribution < -0.4 is 5.32 Å². The summed E-state index contributed by atoms with van der Waals surface area (Å²) >= 11 is 0. The Morgan fingerprint density at radius 1 is 1.27 bits per heavy atom. The highest BCUT2D eigenvalue weighted by atomic mass is 16.5. The van der Waals surface area contributed by atoms with E-state index < -0.39 is 0 Å². The number of rotatable bonds is 5. The number of amides is 2. The predicted molar refractivity (Wildman–Crippen MR) is 97.7 cm³/mol. The number of piperidine rings is 1. The molecule has 0 aliphatic carbocycles. The van der Waals surface area contributed by atoms with Crippen LogP contribution in [0.5, 0.6) is 0 Å². The molecule has 0 aromatic carbocycles. The molecule has 7 nitrogen and oxygen atoms in total. The summed E-state index contributed by atoms with van der Waals surface area (Å²) in [5.41, 5.74) is 0.462. The fourth-order valence-corrected chi connectivity index (χ4v) is 3.78. The van der Waals surface area contributed by atoms with Crippen molar-refractivity contribution in [1.29, 1.82) is 0 Å². The summed E-state index contributed by atoms with van der Waals surface area (Å²) in [7, 11) is 2.04. The van der Waals surface area contributed by atoms with Gasteiger partial charge in [0.1, 0.15) is 5.69 Å². The highest BCUT2D eigenvalue weighted by molar-refractivity contribution is 5.92. The Morgan fingerprint density at radius 3 is 2.69 bits per heavy atom. The van der Waals surface area contributed by atoms with Gasteiger partial charge in [0.15, 0.2) is 0 Å². The minimum absolute atomic E-state index is 0.0423. The zero-order valence-corrected chi connectivity index (χ0v) is 15.6. The first-order chi connectivity index (χ1) is 12.6. The number of nitrogens with zero attached hydrogens (tertiary/aromatic N) is 3. The lowest BCUT2D eigenvalue weighted by Gasteiger charge is -2.32. The van der Waals surface area contributed by atoms with E-state index in [9.17, 15) is 9.59 Å². The second-order valence-corrected chi connectivity index (χ2v) is 7.11. The maximum absolute atomic E-state index is 12.7. The standard InChI is InChI=1S/C19H28N4O3/c1-3-26-17-13-22(2)12-16(17)21-18(24)14-7-10-23(11-8-14)19(25)15-6-4-5-9-20-15/h4-6,9,14,16-17H,3,7-8,10-13H2,1-2H3,(H,21,24)/t16-,17-/m1/s1. The molecule has 26 heavy (non-hydrogen) atoms. The van der Waals surface area contributed by atoms with Gasteiger partial charge in [-0.1, -0.05) is 6.07 Å². The van der Waals surface area contributed by atoms with Gasteiger partial charge in [-0.05, 0) is 38.9 Å². The van der Waals surface area contributed by atoms with E-state index in [0.717, 1.165) is 13.1 Å². The van der Waals surface area contributed by atoms with Crippen molar-refractivity contribution in [2.75, 3.05) is 39.8 Å². The van der Waals surface area contributed by atoms with E-state index >= 15 is 0 Å². The molecule has 3 heterocycles. The normalized spacial score (nSPS) is 24.6. The minimum atomic E-state index is -0.0571. The maximum Gasteiger partial charge on any atom is 0.272 e. The second-order valence-electron chi connectivity index (χ2n) is 7.11. The van der Waals surface area contributed by atoms with E-state index in [0.29, 0.717) is 38.2 Å². The van der Waals surface area contributed by atoms with Gasteiger partial charge in [-0.3, -0.25) is 14.6 Å². The number of aromatic nitrogens is 1. The lowest BCUT2D eigenvalue weighted by molar-refractivity contribution is -0.127. The van der Waals surface area contributed by atoms with Crippen molar-refractivity contribution in [1.82, 2.24) is 20.1 Å². The van der Waals surface area contributed by atoms with Crippen LogP contribution in [0.15, 0.2) is 24.4 Å². The molecule has 0 saturated carbocycles. The van der Waals surface area contributed by atoms with Crippen LogP contribution in [0.1, 0.15) is 30.3 Å². The van der Waals surface area contributed by atoms with E-state index in [2.05, 4.69) is 15.2 Å². The molecule has 142 valence electrons. The van der Waals surface area contributed by atoms with Gasteiger partial charge in [0, 0.05) is 44.9 Å². The quantitative estimate of drug-likeness (QED) is 0.840. The first-order valence-corrected chi connectivity index (χ1v) is 9.39. The first kappa shape index (κ1) is 18.8. The first-order valence-electron chi connectivity index (χ1n) is 9.39. The molecule has 2 atom stereocenters. The van der Waals surface area contributed by atoms with Crippen LogP contribution in [0, 0.1) is 5.92 Å². The lowest BCUT2D eigenvalue weighted by atomic mass is 9.95. The smallest absolute Gasteiger partial charge is 0.272 e. The van der Waals surface area contributed by atoms with Crippen LogP contribution in [0.3, 0.4) is 0 Å². The van der Waals surface area contributed by atoms with Crippen molar-refractivity contribution in [2.24, 2.45) is 5.92 Å². The van der Waals surface area contributed by atoms with Gasteiger partial charge in [0.05, 0.1) is 12.1 Å². The van der Waals surface area contributed by atoms with Crippen LogP contribution in [0.2, 0.25) is 0 Å². The molecule has 3 rings (SSSR count). The molecule has 0 bridgehead atoms. The molecule has 7 heteroatoms. The monoisotopic (exact) mass is 360 g/mol. The zero-order chi connectivity index (χ0) is 18.5. The minimum Gasteiger partial charge on any atom is -0.375 e. The van der Waals surface area contributed by atoms with Gasteiger partial charge in [-0.15, -0.1) is 0 Å². The summed E-state index contributed by atoms with van der Waals surface area (Å²) in [6, 6.07) is 5.38. The van der Waals surface area contributed by atoms with Crippen LogP contribution in [-0.2, 0) is 9.53 Å². The molecular weight excluding hydrogens is 332 g/mol. The topological polar surface area (TPSA) is 74.8 Å². The van der Waals surface area contributed by atoms with Crippen LogP contribution in [0.4, 0.5) is 0 Å².